The van der Waals surface area contributed by atoms with Crippen LogP contribution < -0.4 is 10.1 Å². The summed E-state index contributed by atoms with van der Waals surface area (Å²) in [6, 6.07) is 6.46. The highest BCUT2D eigenvalue weighted by molar-refractivity contribution is 5.53. The van der Waals surface area contributed by atoms with Crippen molar-refractivity contribution in [1.29, 1.82) is 0 Å². The highest BCUT2D eigenvalue weighted by Crippen LogP contribution is 2.54. The minimum absolute atomic E-state index is 0.489. The van der Waals surface area contributed by atoms with Gasteiger partial charge >= 0.3 is 0 Å². The first kappa shape index (κ1) is 12.6. The van der Waals surface area contributed by atoms with Crippen LogP contribution in [-0.2, 0) is 0 Å². The molecule has 0 radical (unpaired) electrons. The first-order chi connectivity index (χ1) is 9.72. The molecule has 1 aromatic rings. The lowest BCUT2D eigenvalue weighted by Crippen LogP contribution is -2.50. The van der Waals surface area contributed by atoms with Crippen LogP contribution >= 0.6 is 0 Å². The molecule has 4 aliphatic carbocycles. The molecule has 108 valence electrons. The summed E-state index contributed by atoms with van der Waals surface area (Å²) < 4.78 is 6.44. The number of benzene rings is 1. The van der Waals surface area contributed by atoms with E-state index in [1.165, 1.54) is 43.4 Å². The lowest BCUT2D eigenvalue weighted by atomic mass is 9.55. The van der Waals surface area contributed by atoms with Gasteiger partial charge < -0.3 is 10.1 Å². The molecule has 2 nitrogen and oxygen atoms in total. The molecule has 0 atom stereocenters. The number of aryl methyl sites for hydroxylation is 1. The van der Waals surface area contributed by atoms with Crippen LogP contribution in [0.3, 0.4) is 0 Å². The summed E-state index contributed by atoms with van der Waals surface area (Å²) in [5.74, 6) is 4.77. The third kappa shape index (κ3) is 2.01. The van der Waals surface area contributed by atoms with E-state index < -0.39 is 0 Å². The van der Waals surface area contributed by atoms with Crippen LogP contribution in [0.1, 0.15) is 37.7 Å². The zero-order chi connectivity index (χ0) is 13.7. The van der Waals surface area contributed by atoms with Gasteiger partial charge in [0.2, 0.25) is 0 Å². The quantitative estimate of drug-likeness (QED) is 0.888. The number of nitrogens with one attached hydrogen (secondary N) is 1. The molecule has 0 saturated heterocycles. The van der Waals surface area contributed by atoms with E-state index in [2.05, 4.69) is 30.4 Å². The Hall–Kier alpha value is -1.18. The van der Waals surface area contributed by atoms with Crippen LogP contribution in [0, 0.1) is 30.6 Å². The third-order valence-electron chi connectivity index (χ3n) is 5.88. The molecule has 0 spiro atoms. The zero-order valence-corrected chi connectivity index (χ0v) is 12.6. The molecule has 4 bridgehead atoms. The van der Waals surface area contributed by atoms with Crippen LogP contribution in [0.4, 0.5) is 5.69 Å². The standard InChI is InChI=1S/C18H25NO/c1-11-5-16(3-4-17(11)19-2)20-18-14-7-12-6-13(9-14)10-15(18)8-12/h3-5,12-15,18-19H,6-10H2,1-2H3. The maximum atomic E-state index is 6.44. The maximum absolute atomic E-state index is 6.44. The average Bonchev–Trinajstić information content (AvgIpc) is 2.42. The summed E-state index contributed by atoms with van der Waals surface area (Å²) in [5.41, 5.74) is 2.47. The first-order valence-corrected chi connectivity index (χ1v) is 8.18. The van der Waals surface area contributed by atoms with Crippen LogP contribution in [0.5, 0.6) is 5.75 Å². The molecule has 4 fully saturated rings. The third-order valence-corrected chi connectivity index (χ3v) is 5.88. The first-order valence-electron chi connectivity index (χ1n) is 8.18. The van der Waals surface area contributed by atoms with E-state index >= 15 is 0 Å². The predicted molar refractivity (Wildman–Crippen MR) is 82.2 cm³/mol. The number of anilines is 1. The van der Waals surface area contributed by atoms with Gasteiger partial charge in [0.15, 0.2) is 0 Å². The van der Waals surface area contributed by atoms with E-state index in [1.807, 2.05) is 7.05 Å². The van der Waals surface area contributed by atoms with Gasteiger partial charge in [-0.15, -0.1) is 0 Å². The molecule has 1 aromatic carbocycles. The van der Waals surface area contributed by atoms with E-state index in [0.29, 0.717) is 6.10 Å². The van der Waals surface area contributed by atoms with Gasteiger partial charge in [0, 0.05) is 12.7 Å². The molecule has 0 aliphatic heterocycles. The number of hydrogen-bond donors (Lipinski definition) is 1. The molecular formula is C18H25NO. The number of rotatable bonds is 3. The van der Waals surface area contributed by atoms with Crippen LogP contribution in [0.25, 0.3) is 0 Å². The fourth-order valence-electron chi connectivity index (χ4n) is 5.21. The van der Waals surface area contributed by atoms with Crippen molar-refractivity contribution in [2.45, 2.75) is 45.1 Å². The Labute approximate surface area is 121 Å². The Morgan fingerprint density at radius 1 is 1.00 bits per heavy atom. The highest BCUT2D eigenvalue weighted by Gasteiger charge is 2.49. The Morgan fingerprint density at radius 3 is 2.20 bits per heavy atom. The Bertz CT molecular complexity index is 482. The summed E-state index contributed by atoms with van der Waals surface area (Å²) in [6.07, 6.45) is 7.69. The Morgan fingerprint density at radius 2 is 1.65 bits per heavy atom. The second-order valence-electron chi connectivity index (χ2n) is 7.24. The average molecular weight is 271 g/mol. The van der Waals surface area contributed by atoms with E-state index in [1.54, 1.807) is 0 Å². The van der Waals surface area contributed by atoms with E-state index in [0.717, 1.165) is 29.4 Å². The normalized spacial score (nSPS) is 38.0. The smallest absolute Gasteiger partial charge is 0.120 e. The van der Waals surface area contributed by atoms with Gasteiger partial charge in [0.1, 0.15) is 11.9 Å². The molecule has 0 aromatic heterocycles. The zero-order valence-electron chi connectivity index (χ0n) is 12.6. The van der Waals surface area contributed by atoms with Gasteiger partial charge in [-0.05, 0) is 86.5 Å². The summed E-state index contributed by atoms with van der Waals surface area (Å²) >= 11 is 0. The van der Waals surface area contributed by atoms with E-state index in [9.17, 15) is 0 Å². The van der Waals surface area contributed by atoms with Crippen molar-refractivity contribution in [3.8, 4) is 5.75 Å². The predicted octanol–water partition coefficient (Wildman–Crippen LogP) is 4.24. The molecule has 0 unspecified atom stereocenters. The maximum Gasteiger partial charge on any atom is 0.120 e. The number of ether oxygens (including phenoxy) is 1. The van der Waals surface area contributed by atoms with Gasteiger partial charge in [-0.2, -0.15) is 0 Å². The molecule has 0 amide bonds. The molecular weight excluding hydrogens is 246 g/mol. The topological polar surface area (TPSA) is 21.3 Å². The number of hydrogen-bond acceptors (Lipinski definition) is 2. The van der Waals surface area contributed by atoms with Gasteiger partial charge in [-0.25, -0.2) is 0 Å². The van der Waals surface area contributed by atoms with Crippen LogP contribution in [-0.4, -0.2) is 13.2 Å². The van der Waals surface area contributed by atoms with Gasteiger partial charge in [-0.1, -0.05) is 0 Å². The van der Waals surface area contributed by atoms with Gasteiger partial charge in [0.05, 0.1) is 0 Å². The minimum Gasteiger partial charge on any atom is -0.490 e. The van der Waals surface area contributed by atoms with Crippen molar-refractivity contribution in [1.82, 2.24) is 0 Å². The molecule has 0 heterocycles. The fourth-order valence-corrected chi connectivity index (χ4v) is 5.21. The molecule has 20 heavy (non-hydrogen) atoms. The van der Waals surface area contributed by atoms with Crippen molar-refractivity contribution in [2.24, 2.45) is 23.7 Å². The SMILES string of the molecule is CNc1ccc(OC2C3CC4CC(C3)CC2C4)cc1C. The summed E-state index contributed by atoms with van der Waals surface area (Å²) in [4.78, 5) is 0. The van der Waals surface area contributed by atoms with E-state index in [-0.39, 0.29) is 0 Å². The molecule has 2 heteroatoms. The van der Waals surface area contributed by atoms with Crippen molar-refractivity contribution in [2.75, 3.05) is 12.4 Å². The summed E-state index contributed by atoms with van der Waals surface area (Å²) in [6.45, 7) is 2.15. The van der Waals surface area contributed by atoms with E-state index in [4.69, 9.17) is 4.74 Å². The largest absolute Gasteiger partial charge is 0.490 e. The Balaban J connectivity index is 1.53. The minimum atomic E-state index is 0.489. The summed E-state index contributed by atoms with van der Waals surface area (Å²) in [5, 5.41) is 3.22. The van der Waals surface area contributed by atoms with Crippen LogP contribution in [0.2, 0.25) is 0 Å². The molecule has 4 saturated carbocycles. The van der Waals surface area contributed by atoms with Crippen molar-refractivity contribution >= 4 is 5.69 Å². The van der Waals surface area contributed by atoms with Crippen molar-refractivity contribution in [3.05, 3.63) is 23.8 Å². The second-order valence-corrected chi connectivity index (χ2v) is 7.24. The monoisotopic (exact) mass is 271 g/mol. The van der Waals surface area contributed by atoms with Gasteiger partial charge in [-0.3, -0.25) is 0 Å². The Kier molecular flexibility index (Phi) is 2.94. The van der Waals surface area contributed by atoms with Crippen molar-refractivity contribution in [3.63, 3.8) is 0 Å². The van der Waals surface area contributed by atoms with Crippen LogP contribution in [0.15, 0.2) is 18.2 Å². The lowest BCUT2D eigenvalue weighted by Gasteiger charge is -2.53. The highest BCUT2D eigenvalue weighted by atomic mass is 16.5. The fraction of sp³-hybridized carbons (Fsp3) is 0.667. The molecule has 5 rings (SSSR count). The van der Waals surface area contributed by atoms with Crippen molar-refractivity contribution < 1.29 is 4.74 Å². The lowest BCUT2D eigenvalue weighted by molar-refractivity contribution is -0.0789. The van der Waals surface area contributed by atoms with Gasteiger partial charge in [0.25, 0.3) is 0 Å². The molecule has 1 N–H and O–H groups in total. The molecule has 4 aliphatic rings. The second kappa shape index (κ2) is 4.68. The summed E-state index contributed by atoms with van der Waals surface area (Å²) in [7, 11) is 1.97.